The summed E-state index contributed by atoms with van der Waals surface area (Å²) in [5, 5.41) is 12.4. The number of aliphatic carboxylic acids is 1. The summed E-state index contributed by atoms with van der Waals surface area (Å²) < 4.78 is 0. The van der Waals surface area contributed by atoms with E-state index in [0.29, 0.717) is 25.9 Å². The summed E-state index contributed by atoms with van der Waals surface area (Å²) in [6.45, 7) is 4.69. The van der Waals surface area contributed by atoms with E-state index >= 15 is 0 Å². The largest absolute Gasteiger partial charge is 0.481 e. The van der Waals surface area contributed by atoms with Gasteiger partial charge in [0.15, 0.2) is 0 Å². The molecule has 0 radical (unpaired) electrons. The van der Waals surface area contributed by atoms with E-state index in [-0.39, 0.29) is 12.1 Å². The Hall–Kier alpha value is -1.30. The van der Waals surface area contributed by atoms with Crippen LogP contribution in [0.15, 0.2) is 0 Å². The molecule has 2 N–H and O–H groups in total. The Labute approximate surface area is 120 Å². The van der Waals surface area contributed by atoms with Gasteiger partial charge in [-0.3, -0.25) is 4.79 Å². The van der Waals surface area contributed by atoms with Gasteiger partial charge in [-0.05, 0) is 39.3 Å². The number of piperidine rings is 1. The van der Waals surface area contributed by atoms with Crippen LogP contribution in [0.3, 0.4) is 0 Å². The summed E-state index contributed by atoms with van der Waals surface area (Å²) in [5.41, 5.74) is -0.749. The fraction of sp³-hybridized carbons (Fsp3) is 0.857. The van der Waals surface area contributed by atoms with Gasteiger partial charge in [-0.1, -0.05) is 6.92 Å². The number of carboxylic acids is 1. The van der Waals surface area contributed by atoms with Crippen molar-refractivity contribution in [2.24, 2.45) is 5.41 Å². The van der Waals surface area contributed by atoms with Crippen molar-refractivity contribution in [2.75, 3.05) is 33.2 Å². The molecule has 2 fully saturated rings. The summed E-state index contributed by atoms with van der Waals surface area (Å²) in [5.74, 6) is -0.785. The van der Waals surface area contributed by atoms with Gasteiger partial charge >= 0.3 is 12.0 Å². The number of carbonyl (C=O) groups is 2. The van der Waals surface area contributed by atoms with Crippen LogP contribution in [-0.2, 0) is 4.79 Å². The van der Waals surface area contributed by atoms with E-state index in [9.17, 15) is 14.7 Å². The minimum absolute atomic E-state index is 0.109. The number of urea groups is 1. The second-order valence-electron chi connectivity index (χ2n) is 6.16. The Balaban J connectivity index is 1.89. The molecule has 0 bridgehead atoms. The predicted octanol–water partition coefficient (Wildman–Crippen LogP) is 0.977. The van der Waals surface area contributed by atoms with Crippen molar-refractivity contribution in [2.45, 2.75) is 38.6 Å². The zero-order chi connectivity index (χ0) is 14.8. The molecular formula is C14H25N3O3. The Morgan fingerprint density at radius 1 is 1.40 bits per heavy atom. The molecule has 2 aliphatic heterocycles. The third kappa shape index (κ3) is 3.06. The number of hydrogen-bond acceptors (Lipinski definition) is 3. The Bertz CT molecular complexity index is 388. The van der Waals surface area contributed by atoms with Crippen molar-refractivity contribution in [3.05, 3.63) is 0 Å². The fourth-order valence-corrected chi connectivity index (χ4v) is 3.21. The third-order valence-electron chi connectivity index (χ3n) is 4.72. The number of amides is 2. The lowest BCUT2D eigenvalue weighted by Gasteiger charge is -2.31. The number of carboxylic acid groups (broad SMARTS) is 1. The highest BCUT2D eigenvalue weighted by atomic mass is 16.4. The molecule has 2 atom stereocenters. The summed E-state index contributed by atoms with van der Waals surface area (Å²) in [4.78, 5) is 27.5. The number of nitrogens with zero attached hydrogens (tertiary/aromatic N) is 2. The summed E-state index contributed by atoms with van der Waals surface area (Å²) in [6, 6.07) is 0.0737. The first kappa shape index (κ1) is 15.1. The molecule has 2 saturated heterocycles. The minimum atomic E-state index is -0.785. The van der Waals surface area contributed by atoms with Crippen LogP contribution in [-0.4, -0.2) is 66.2 Å². The zero-order valence-electron chi connectivity index (χ0n) is 12.4. The summed E-state index contributed by atoms with van der Waals surface area (Å²) >= 11 is 0. The summed E-state index contributed by atoms with van der Waals surface area (Å²) in [6.07, 6.45) is 3.21. The highest BCUT2D eigenvalue weighted by Crippen LogP contribution is 2.34. The number of rotatable bonds is 3. The number of carbonyl (C=O) groups excluding carboxylic acids is 1. The van der Waals surface area contributed by atoms with Crippen molar-refractivity contribution in [3.63, 3.8) is 0 Å². The lowest BCUT2D eigenvalue weighted by atomic mass is 9.84. The smallest absolute Gasteiger partial charge is 0.317 e. The maximum absolute atomic E-state index is 12.2. The van der Waals surface area contributed by atoms with Gasteiger partial charge in [0.25, 0.3) is 0 Å². The van der Waals surface area contributed by atoms with Crippen molar-refractivity contribution < 1.29 is 14.7 Å². The standard InChI is InChI=1S/C14H25N3O3/c1-3-14(12(18)19)6-8-17(10-14)13(20)15-11-5-4-7-16(2)9-11/h11H,3-10H2,1-2H3,(H,15,20)(H,18,19). The van der Waals surface area contributed by atoms with Crippen LogP contribution in [0.4, 0.5) is 4.79 Å². The van der Waals surface area contributed by atoms with E-state index in [4.69, 9.17) is 0 Å². The van der Waals surface area contributed by atoms with Crippen molar-refractivity contribution >= 4 is 12.0 Å². The second kappa shape index (κ2) is 5.99. The quantitative estimate of drug-likeness (QED) is 0.810. The first-order chi connectivity index (χ1) is 9.47. The lowest BCUT2D eigenvalue weighted by molar-refractivity contribution is -0.148. The molecule has 0 aromatic heterocycles. The van der Waals surface area contributed by atoms with Crippen molar-refractivity contribution in [1.82, 2.24) is 15.1 Å². The van der Waals surface area contributed by atoms with E-state index in [1.54, 1.807) is 4.90 Å². The Morgan fingerprint density at radius 3 is 2.70 bits per heavy atom. The molecule has 6 nitrogen and oxygen atoms in total. The van der Waals surface area contributed by atoms with Crippen molar-refractivity contribution in [1.29, 1.82) is 0 Å². The molecule has 0 aliphatic carbocycles. The van der Waals surface area contributed by atoms with Crippen LogP contribution in [0.1, 0.15) is 32.6 Å². The first-order valence-electron chi connectivity index (χ1n) is 7.44. The van der Waals surface area contributed by atoms with Gasteiger partial charge in [-0.25, -0.2) is 4.79 Å². The van der Waals surface area contributed by atoms with Gasteiger partial charge in [-0.15, -0.1) is 0 Å². The molecule has 2 heterocycles. The maximum Gasteiger partial charge on any atom is 0.317 e. The molecular weight excluding hydrogens is 258 g/mol. The average Bonchev–Trinajstić information content (AvgIpc) is 2.84. The highest BCUT2D eigenvalue weighted by molar-refractivity contribution is 5.79. The topological polar surface area (TPSA) is 72.9 Å². The number of likely N-dealkylation sites (N-methyl/N-ethyl adjacent to an activating group) is 1. The van der Waals surface area contributed by atoms with Gasteiger partial charge in [0.05, 0.1) is 5.41 Å². The van der Waals surface area contributed by atoms with Crippen LogP contribution in [0, 0.1) is 5.41 Å². The minimum Gasteiger partial charge on any atom is -0.481 e. The molecule has 6 heteroatoms. The zero-order valence-corrected chi connectivity index (χ0v) is 12.4. The fourth-order valence-electron chi connectivity index (χ4n) is 3.21. The van der Waals surface area contributed by atoms with E-state index in [1.807, 2.05) is 6.92 Å². The van der Waals surface area contributed by atoms with Crippen LogP contribution in [0.25, 0.3) is 0 Å². The normalized spacial score (nSPS) is 31.3. The lowest BCUT2D eigenvalue weighted by Crippen LogP contribution is -2.50. The van der Waals surface area contributed by atoms with Gasteiger partial charge in [0, 0.05) is 25.7 Å². The number of likely N-dealkylation sites (tertiary alicyclic amines) is 2. The van der Waals surface area contributed by atoms with Gasteiger partial charge in [-0.2, -0.15) is 0 Å². The molecule has 2 aliphatic rings. The van der Waals surface area contributed by atoms with Crippen LogP contribution >= 0.6 is 0 Å². The van der Waals surface area contributed by atoms with E-state index in [1.165, 1.54) is 0 Å². The number of hydrogen-bond donors (Lipinski definition) is 2. The van der Waals surface area contributed by atoms with Crippen LogP contribution in [0.2, 0.25) is 0 Å². The molecule has 0 spiro atoms. The van der Waals surface area contributed by atoms with E-state index in [0.717, 1.165) is 25.9 Å². The molecule has 114 valence electrons. The highest BCUT2D eigenvalue weighted by Gasteiger charge is 2.45. The molecule has 2 unspecified atom stereocenters. The molecule has 20 heavy (non-hydrogen) atoms. The van der Waals surface area contributed by atoms with Gasteiger partial charge < -0.3 is 20.2 Å². The molecule has 2 rings (SSSR count). The first-order valence-corrected chi connectivity index (χ1v) is 7.44. The van der Waals surface area contributed by atoms with E-state index < -0.39 is 11.4 Å². The van der Waals surface area contributed by atoms with Crippen LogP contribution in [0.5, 0.6) is 0 Å². The maximum atomic E-state index is 12.2. The monoisotopic (exact) mass is 283 g/mol. The Kier molecular flexibility index (Phi) is 4.52. The van der Waals surface area contributed by atoms with E-state index in [2.05, 4.69) is 17.3 Å². The third-order valence-corrected chi connectivity index (χ3v) is 4.72. The second-order valence-corrected chi connectivity index (χ2v) is 6.16. The number of nitrogens with one attached hydrogen (secondary N) is 1. The van der Waals surface area contributed by atoms with Gasteiger partial charge in [0.1, 0.15) is 0 Å². The predicted molar refractivity (Wildman–Crippen MR) is 75.6 cm³/mol. The van der Waals surface area contributed by atoms with Gasteiger partial charge in [0.2, 0.25) is 0 Å². The summed E-state index contributed by atoms with van der Waals surface area (Å²) in [7, 11) is 2.06. The molecule has 2 amide bonds. The van der Waals surface area contributed by atoms with Crippen LogP contribution < -0.4 is 5.32 Å². The average molecular weight is 283 g/mol. The van der Waals surface area contributed by atoms with Crippen molar-refractivity contribution in [3.8, 4) is 0 Å². The Morgan fingerprint density at radius 2 is 2.15 bits per heavy atom. The SMILES string of the molecule is CCC1(C(=O)O)CCN(C(=O)NC2CCCN(C)C2)C1. The molecule has 0 aromatic carbocycles. The molecule has 0 aromatic rings. The molecule has 0 saturated carbocycles.